The topological polar surface area (TPSA) is 55.3 Å². The van der Waals surface area contributed by atoms with Gasteiger partial charge in [-0.15, -0.1) is 0 Å². The number of carbonyl (C=O) groups is 1. The molecule has 1 aliphatic rings. The van der Waals surface area contributed by atoms with E-state index >= 15 is 0 Å². The third-order valence-electron chi connectivity index (χ3n) is 3.56. The molecule has 1 aliphatic heterocycles. The minimum Gasteiger partial charge on any atom is -0.463 e. The van der Waals surface area contributed by atoms with Gasteiger partial charge in [0, 0.05) is 19.3 Å². The number of alkyl halides is 3. The molecule has 1 fully saturated rings. The number of carbonyl (C=O) groups excluding carboxylic acids is 1. The number of halogens is 3. The summed E-state index contributed by atoms with van der Waals surface area (Å²) in [6.07, 6.45) is -1.68. The first kappa shape index (κ1) is 17.5. The van der Waals surface area contributed by atoms with Crippen molar-refractivity contribution in [2.45, 2.75) is 45.4 Å². The molecule has 2 rings (SSSR count). The Balaban J connectivity index is 2.02. The molecular formula is C15H20F3N3O2. The molecule has 23 heavy (non-hydrogen) atoms. The molecule has 0 radical (unpaired) electrons. The van der Waals surface area contributed by atoms with Crippen LogP contribution in [0, 0.1) is 5.92 Å². The van der Waals surface area contributed by atoms with E-state index in [1.165, 1.54) is 0 Å². The smallest absolute Gasteiger partial charge is 0.433 e. The highest BCUT2D eigenvalue weighted by Gasteiger charge is 2.34. The zero-order chi connectivity index (χ0) is 17.0. The van der Waals surface area contributed by atoms with Crippen molar-refractivity contribution in [3.8, 4) is 0 Å². The molecule has 128 valence electrons. The van der Waals surface area contributed by atoms with Crippen molar-refractivity contribution in [3.05, 3.63) is 18.0 Å². The molecule has 8 heteroatoms. The molecule has 1 aromatic heterocycles. The molecule has 1 saturated heterocycles. The zero-order valence-corrected chi connectivity index (χ0v) is 13.1. The molecule has 0 spiro atoms. The highest BCUT2D eigenvalue weighted by molar-refractivity contribution is 5.70. The lowest BCUT2D eigenvalue weighted by Crippen LogP contribution is -2.38. The van der Waals surface area contributed by atoms with Gasteiger partial charge in [0.05, 0.1) is 12.5 Å². The number of rotatable bonds is 4. The number of aromatic nitrogens is 2. The molecule has 0 bridgehead atoms. The third kappa shape index (κ3) is 5.07. The average molecular weight is 331 g/mol. The van der Waals surface area contributed by atoms with Gasteiger partial charge in [0.2, 0.25) is 5.95 Å². The van der Waals surface area contributed by atoms with Crippen LogP contribution >= 0.6 is 0 Å². The Morgan fingerprint density at radius 3 is 2.87 bits per heavy atom. The van der Waals surface area contributed by atoms with Gasteiger partial charge in [0.15, 0.2) is 0 Å². The minimum atomic E-state index is -4.49. The maximum Gasteiger partial charge on any atom is 0.433 e. The Labute approximate surface area is 132 Å². The fraction of sp³-hybridized carbons (Fsp3) is 0.667. The van der Waals surface area contributed by atoms with E-state index in [0.717, 1.165) is 25.1 Å². The predicted octanol–water partition coefficient (Wildman–Crippen LogP) is 3.05. The van der Waals surface area contributed by atoms with E-state index in [1.807, 2.05) is 0 Å². The maximum atomic E-state index is 12.7. The van der Waals surface area contributed by atoms with Crippen LogP contribution in [0.15, 0.2) is 12.3 Å². The van der Waals surface area contributed by atoms with Crippen LogP contribution in [0.25, 0.3) is 0 Å². The Bertz CT molecular complexity index is 549. The second kappa shape index (κ2) is 7.14. The SMILES string of the molecule is CC(C)OC(=O)CC1CCCN(c2nccc(C(F)(F)F)n2)C1. The fourth-order valence-corrected chi connectivity index (χ4v) is 2.62. The summed E-state index contributed by atoms with van der Waals surface area (Å²) in [6, 6.07) is 0.852. The summed E-state index contributed by atoms with van der Waals surface area (Å²) < 4.78 is 43.3. The van der Waals surface area contributed by atoms with Gasteiger partial charge in [0.25, 0.3) is 0 Å². The number of anilines is 1. The molecule has 2 heterocycles. The summed E-state index contributed by atoms with van der Waals surface area (Å²) in [4.78, 5) is 21.0. The summed E-state index contributed by atoms with van der Waals surface area (Å²) >= 11 is 0. The Hall–Kier alpha value is -1.86. The van der Waals surface area contributed by atoms with Crippen molar-refractivity contribution in [3.63, 3.8) is 0 Å². The van der Waals surface area contributed by atoms with E-state index in [-0.39, 0.29) is 30.4 Å². The lowest BCUT2D eigenvalue weighted by molar-refractivity contribution is -0.148. The largest absolute Gasteiger partial charge is 0.463 e. The van der Waals surface area contributed by atoms with Crippen molar-refractivity contribution in [2.75, 3.05) is 18.0 Å². The van der Waals surface area contributed by atoms with Crippen LogP contribution in [0.4, 0.5) is 19.1 Å². The van der Waals surface area contributed by atoms with E-state index in [2.05, 4.69) is 9.97 Å². The van der Waals surface area contributed by atoms with Crippen LogP contribution in [0.1, 0.15) is 38.8 Å². The van der Waals surface area contributed by atoms with E-state index in [9.17, 15) is 18.0 Å². The first-order valence-electron chi connectivity index (χ1n) is 7.60. The van der Waals surface area contributed by atoms with E-state index in [4.69, 9.17) is 4.74 Å². The van der Waals surface area contributed by atoms with Crippen LogP contribution < -0.4 is 4.90 Å². The van der Waals surface area contributed by atoms with Gasteiger partial charge in [-0.2, -0.15) is 13.2 Å². The van der Waals surface area contributed by atoms with E-state index < -0.39 is 11.9 Å². The van der Waals surface area contributed by atoms with E-state index in [1.54, 1.807) is 18.7 Å². The van der Waals surface area contributed by atoms with Crippen molar-refractivity contribution in [2.24, 2.45) is 5.92 Å². The highest BCUT2D eigenvalue weighted by Crippen LogP contribution is 2.29. The van der Waals surface area contributed by atoms with Crippen LogP contribution in [0.2, 0.25) is 0 Å². The Kier molecular flexibility index (Phi) is 5.43. The molecular weight excluding hydrogens is 311 g/mol. The normalized spacial score (nSPS) is 19.0. The maximum absolute atomic E-state index is 12.7. The summed E-state index contributed by atoms with van der Waals surface area (Å²) in [5, 5.41) is 0. The summed E-state index contributed by atoms with van der Waals surface area (Å²) in [5.74, 6) is -0.188. The molecule has 0 saturated carbocycles. The summed E-state index contributed by atoms with van der Waals surface area (Å²) in [6.45, 7) is 4.59. The van der Waals surface area contributed by atoms with Gasteiger partial charge in [-0.3, -0.25) is 4.79 Å². The minimum absolute atomic E-state index is 0.0353. The van der Waals surface area contributed by atoms with Crippen LogP contribution in [0.5, 0.6) is 0 Å². The number of ether oxygens (including phenoxy) is 1. The van der Waals surface area contributed by atoms with Crippen LogP contribution in [0.3, 0.4) is 0 Å². The van der Waals surface area contributed by atoms with Gasteiger partial charge in [0.1, 0.15) is 5.69 Å². The average Bonchev–Trinajstić information content (AvgIpc) is 2.46. The lowest BCUT2D eigenvalue weighted by Gasteiger charge is -2.32. The monoisotopic (exact) mass is 331 g/mol. The number of piperidine rings is 1. The van der Waals surface area contributed by atoms with E-state index in [0.29, 0.717) is 13.1 Å². The van der Waals surface area contributed by atoms with Crippen molar-refractivity contribution < 1.29 is 22.7 Å². The second-order valence-corrected chi connectivity index (χ2v) is 5.94. The third-order valence-corrected chi connectivity index (χ3v) is 3.56. The number of hydrogen-bond donors (Lipinski definition) is 0. The number of nitrogens with zero attached hydrogens (tertiary/aromatic N) is 3. The van der Waals surface area contributed by atoms with Gasteiger partial charge < -0.3 is 9.64 Å². The molecule has 0 N–H and O–H groups in total. The number of hydrogen-bond acceptors (Lipinski definition) is 5. The molecule has 5 nitrogen and oxygen atoms in total. The summed E-state index contributed by atoms with van der Waals surface area (Å²) in [5.41, 5.74) is -0.955. The van der Waals surface area contributed by atoms with Gasteiger partial charge in [-0.1, -0.05) is 0 Å². The molecule has 0 aromatic carbocycles. The molecule has 0 aliphatic carbocycles. The van der Waals surface area contributed by atoms with Gasteiger partial charge in [-0.05, 0) is 38.7 Å². The highest BCUT2D eigenvalue weighted by atomic mass is 19.4. The Morgan fingerprint density at radius 2 is 2.22 bits per heavy atom. The molecule has 1 atom stereocenters. The first-order valence-corrected chi connectivity index (χ1v) is 7.60. The predicted molar refractivity (Wildman–Crippen MR) is 77.8 cm³/mol. The number of esters is 1. The first-order chi connectivity index (χ1) is 10.8. The van der Waals surface area contributed by atoms with Crippen molar-refractivity contribution in [1.29, 1.82) is 0 Å². The molecule has 1 aromatic rings. The van der Waals surface area contributed by atoms with Crippen molar-refractivity contribution in [1.82, 2.24) is 9.97 Å². The van der Waals surface area contributed by atoms with Crippen LogP contribution in [-0.2, 0) is 15.7 Å². The van der Waals surface area contributed by atoms with Gasteiger partial charge in [-0.25, -0.2) is 9.97 Å². The molecule has 1 unspecified atom stereocenters. The quantitative estimate of drug-likeness (QED) is 0.794. The van der Waals surface area contributed by atoms with Gasteiger partial charge >= 0.3 is 12.1 Å². The van der Waals surface area contributed by atoms with Crippen molar-refractivity contribution >= 4 is 11.9 Å². The van der Waals surface area contributed by atoms with Crippen LogP contribution in [-0.4, -0.2) is 35.1 Å². The second-order valence-electron chi connectivity index (χ2n) is 5.94. The fourth-order valence-electron chi connectivity index (χ4n) is 2.62. The zero-order valence-electron chi connectivity index (χ0n) is 13.1. The lowest BCUT2D eigenvalue weighted by atomic mass is 9.95. The standard InChI is InChI=1S/C15H20F3N3O2/c1-10(2)23-13(22)8-11-4-3-7-21(9-11)14-19-6-5-12(20-14)15(16,17)18/h5-6,10-11H,3-4,7-9H2,1-2H3. The Morgan fingerprint density at radius 1 is 1.48 bits per heavy atom. The molecule has 0 amide bonds. The summed E-state index contributed by atoms with van der Waals surface area (Å²) in [7, 11) is 0.